The lowest BCUT2D eigenvalue weighted by Crippen LogP contribution is -2.29. The number of benzene rings is 1. The number of carbonyl (C=O) groups is 1. The molecule has 0 radical (unpaired) electrons. The Kier molecular flexibility index (Phi) is 5.89. The Hall–Kier alpha value is -1.31. The second-order valence-electron chi connectivity index (χ2n) is 5.91. The van der Waals surface area contributed by atoms with Crippen LogP contribution in [0.15, 0.2) is 24.3 Å². The highest BCUT2D eigenvalue weighted by Gasteiger charge is 2.28. The largest absolute Gasteiger partial charge is 0.325 e. The van der Waals surface area contributed by atoms with E-state index in [-0.39, 0.29) is 30.6 Å². The summed E-state index contributed by atoms with van der Waals surface area (Å²) in [7, 11) is -3.19. The molecule has 1 aliphatic carbocycles. The van der Waals surface area contributed by atoms with E-state index in [1.165, 1.54) is 17.1 Å². The predicted molar refractivity (Wildman–Crippen MR) is 93.7 cm³/mol. The molecule has 6 nitrogen and oxygen atoms in total. The van der Waals surface area contributed by atoms with Crippen LogP contribution >= 0.6 is 12.4 Å². The van der Waals surface area contributed by atoms with Gasteiger partial charge < -0.3 is 10.6 Å². The van der Waals surface area contributed by atoms with Crippen molar-refractivity contribution in [1.82, 2.24) is 5.32 Å². The summed E-state index contributed by atoms with van der Waals surface area (Å²) >= 11 is 0. The first-order chi connectivity index (χ1) is 10.5. The smallest absolute Gasteiger partial charge is 0.238 e. The van der Waals surface area contributed by atoms with Gasteiger partial charge in [-0.2, -0.15) is 0 Å². The molecule has 3 rings (SSSR count). The lowest BCUT2D eigenvalue weighted by Gasteiger charge is -2.17. The zero-order valence-corrected chi connectivity index (χ0v) is 14.5. The summed E-state index contributed by atoms with van der Waals surface area (Å²) in [6.45, 7) is 1.67. The number of nitrogens with one attached hydrogen (secondary N) is 2. The molecule has 1 aliphatic heterocycles. The van der Waals surface area contributed by atoms with E-state index in [2.05, 4.69) is 10.6 Å². The molecule has 2 N–H and O–H groups in total. The van der Waals surface area contributed by atoms with Gasteiger partial charge in [0.2, 0.25) is 15.9 Å². The van der Waals surface area contributed by atoms with Gasteiger partial charge in [-0.3, -0.25) is 9.10 Å². The molecule has 1 saturated heterocycles. The monoisotopic (exact) mass is 359 g/mol. The summed E-state index contributed by atoms with van der Waals surface area (Å²) in [5, 5.41) is 5.94. The molecule has 23 heavy (non-hydrogen) atoms. The fourth-order valence-electron chi connectivity index (χ4n) is 2.59. The molecule has 8 heteroatoms. The molecule has 0 aromatic heterocycles. The van der Waals surface area contributed by atoms with E-state index in [0.717, 1.165) is 12.5 Å². The number of halogens is 1. The van der Waals surface area contributed by atoms with E-state index in [0.29, 0.717) is 24.3 Å². The second-order valence-corrected chi connectivity index (χ2v) is 7.93. The molecule has 2 fully saturated rings. The van der Waals surface area contributed by atoms with Gasteiger partial charge in [-0.25, -0.2) is 8.42 Å². The maximum absolute atomic E-state index is 11.9. The zero-order chi connectivity index (χ0) is 15.6. The van der Waals surface area contributed by atoms with Crippen LogP contribution in [0.5, 0.6) is 0 Å². The fourth-order valence-corrected chi connectivity index (χ4v) is 4.14. The molecule has 128 valence electrons. The zero-order valence-electron chi connectivity index (χ0n) is 12.8. The van der Waals surface area contributed by atoms with Gasteiger partial charge in [0.05, 0.1) is 18.0 Å². The number of amides is 1. The van der Waals surface area contributed by atoms with Crippen molar-refractivity contribution in [3.05, 3.63) is 24.3 Å². The topological polar surface area (TPSA) is 78.5 Å². The normalized spacial score (nSPS) is 19.2. The van der Waals surface area contributed by atoms with Crippen molar-refractivity contribution in [3.8, 4) is 0 Å². The van der Waals surface area contributed by atoms with Crippen LogP contribution in [0.25, 0.3) is 0 Å². The number of anilines is 2. The molecule has 0 atom stereocenters. The van der Waals surface area contributed by atoms with Crippen LogP contribution in [-0.4, -0.2) is 39.7 Å². The number of hydrogen-bond donors (Lipinski definition) is 2. The molecule has 1 saturated carbocycles. The van der Waals surface area contributed by atoms with E-state index >= 15 is 0 Å². The Morgan fingerprint density at radius 3 is 2.74 bits per heavy atom. The lowest BCUT2D eigenvalue weighted by molar-refractivity contribution is -0.115. The van der Waals surface area contributed by atoms with Crippen LogP contribution in [0.1, 0.15) is 19.3 Å². The number of hydrogen-bond acceptors (Lipinski definition) is 4. The molecule has 1 aromatic carbocycles. The van der Waals surface area contributed by atoms with E-state index in [1.807, 2.05) is 0 Å². The van der Waals surface area contributed by atoms with Gasteiger partial charge in [-0.05, 0) is 49.9 Å². The van der Waals surface area contributed by atoms with E-state index in [1.54, 1.807) is 24.3 Å². The molecule has 1 amide bonds. The fraction of sp³-hybridized carbons (Fsp3) is 0.533. The van der Waals surface area contributed by atoms with Gasteiger partial charge in [0.1, 0.15) is 0 Å². The molecule has 1 aromatic rings. The van der Waals surface area contributed by atoms with Crippen LogP contribution in [0.3, 0.4) is 0 Å². The Bertz CT molecular complexity index is 662. The molecule has 0 bridgehead atoms. The third kappa shape index (κ3) is 4.83. The van der Waals surface area contributed by atoms with Crippen LogP contribution in [0, 0.1) is 5.92 Å². The maximum atomic E-state index is 11.9. The lowest BCUT2D eigenvalue weighted by atomic mass is 10.2. The average Bonchev–Trinajstić information content (AvgIpc) is 3.21. The average molecular weight is 360 g/mol. The summed E-state index contributed by atoms with van der Waals surface area (Å²) < 4.78 is 25.3. The predicted octanol–water partition coefficient (Wildman–Crippen LogP) is 1.59. The minimum absolute atomic E-state index is 0. The highest BCUT2D eigenvalue weighted by Crippen LogP contribution is 2.27. The van der Waals surface area contributed by atoms with Crippen molar-refractivity contribution < 1.29 is 13.2 Å². The molecule has 0 unspecified atom stereocenters. The Labute approximate surface area is 143 Å². The van der Waals surface area contributed by atoms with E-state index < -0.39 is 10.0 Å². The Morgan fingerprint density at radius 2 is 2.09 bits per heavy atom. The minimum Gasteiger partial charge on any atom is -0.325 e. The summed E-state index contributed by atoms with van der Waals surface area (Å²) in [4.78, 5) is 11.9. The first-order valence-corrected chi connectivity index (χ1v) is 9.26. The number of sulfonamides is 1. The second kappa shape index (κ2) is 7.51. The molecule has 2 aliphatic rings. The van der Waals surface area contributed by atoms with Gasteiger partial charge in [-0.15, -0.1) is 12.4 Å². The van der Waals surface area contributed by atoms with Gasteiger partial charge in [-0.1, -0.05) is 6.07 Å². The van der Waals surface area contributed by atoms with Gasteiger partial charge in [0.15, 0.2) is 0 Å². The Morgan fingerprint density at radius 1 is 1.30 bits per heavy atom. The third-order valence-corrected chi connectivity index (χ3v) is 5.80. The van der Waals surface area contributed by atoms with Crippen molar-refractivity contribution in [2.45, 2.75) is 19.3 Å². The van der Waals surface area contributed by atoms with Crippen molar-refractivity contribution >= 4 is 39.7 Å². The highest BCUT2D eigenvalue weighted by molar-refractivity contribution is 7.93. The SMILES string of the molecule is Cl.O=C(CNCC1CC1)Nc1cccc(N2CCCS2(=O)=O)c1. The summed E-state index contributed by atoms with van der Waals surface area (Å²) in [6.07, 6.45) is 3.14. The molecular weight excluding hydrogens is 338 g/mol. The van der Waals surface area contributed by atoms with E-state index in [9.17, 15) is 13.2 Å². The number of carbonyl (C=O) groups excluding carboxylic acids is 1. The first-order valence-electron chi connectivity index (χ1n) is 7.66. The van der Waals surface area contributed by atoms with Crippen LogP contribution in [0.2, 0.25) is 0 Å². The van der Waals surface area contributed by atoms with Crippen molar-refractivity contribution in [1.29, 1.82) is 0 Å². The molecular formula is C15H22ClN3O3S. The molecule has 1 heterocycles. The molecule has 0 spiro atoms. The van der Waals surface area contributed by atoms with E-state index in [4.69, 9.17) is 0 Å². The highest BCUT2D eigenvalue weighted by atomic mass is 35.5. The quantitative estimate of drug-likeness (QED) is 0.808. The minimum atomic E-state index is -3.19. The maximum Gasteiger partial charge on any atom is 0.238 e. The van der Waals surface area contributed by atoms with Crippen molar-refractivity contribution in [3.63, 3.8) is 0 Å². The number of nitrogens with zero attached hydrogens (tertiary/aromatic N) is 1. The van der Waals surface area contributed by atoms with Crippen molar-refractivity contribution in [2.75, 3.05) is 35.0 Å². The van der Waals surface area contributed by atoms with Gasteiger partial charge in [0.25, 0.3) is 0 Å². The van der Waals surface area contributed by atoms with Crippen LogP contribution < -0.4 is 14.9 Å². The summed E-state index contributed by atoms with van der Waals surface area (Å²) in [5.41, 5.74) is 1.24. The van der Waals surface area contributed by atoms with Crippen LogP contribution in [0.4, 0.5) is 11.4 Å². The van der Waals surface area contributed by atoms with Gasteiger partial charge >= 0.3 is 0 Å². The Balaban J connectivity index is 0.00000192. The van der Waals surface area contributed by atoms with Crippen LogP contribution in [-0.2, 0) is 14.8 Å². The standard InChI is InChI=1S/C15H21N3O3S.ClH/c19-15(11-16-10-12-5-6-12)17-13-3-1-4-14(9-13)18-7-2-8-22(18,20)21;/h1,3-4,9,12,16H,2,5-8,10-11H2,(H,17,19);1H. The van der Waals surface area contributed by atoms with Crippen molar-refractivity contribution in [2.24, 2.45) is 5.92 Å². The summed E-state index contributed by atoms with van der Waals surface area (Å²) in [6, 6.07) is 6.99. The van der Waals surface area contributed by atoms with Gasteiger partial charge in [0, 0.05) is 12.2 Å². The first kappa shape index (κ1) is 18.0. The third-order valence-electron chi connectivity index (χ3n) is 3.93. The number of rotatable bonds is 6. The summed E-state index contributed by atoms with van der Waals surface area (Å²) in [5.74, 6) is 0.813.